The van der Waals surface area contributed by atoms with E-state index in [4.69, 9.17) is 4.74 Å². The van der Waals surface area contributed by atoms with Gasteiger partial charge in [-0.05, 0) is 37.3 Å². The van der Waals surface area contributed by atoms with Crippen molar-refractivity contribution in [2.45, 2.75) is 42.1 Å². The number of carbonyl (C=O) groups is 2. The molecule has 1 atom stereocenters. The molecular formula is C19H21NO3S2. The molecule has 0 spiro atoms. The minimum absolute atomic E-state index is 0.0892. The van der Waals surface area contributed by atoms with Gasteiger partial charge in [-0.3, -0.25) is 9.59 Å². The van der Waals surface area contributed by atoms with Gasteiger partial charge in [0.25, 0.3) is 0 Å². The summed E-state index contributed by atoms with van der Waals surface area (Å²) >= 11 is 3.49. The van der Waals surface area contributed by atoms with Gasteiger partial charge in [-0.15, -0.1) is 0 Å². The van der Waals surface area contributed by atoms with Crippen molar-refractivity contribution in [3.8, 4) is 0 Å². The van der Waals surface area contributed by atoms with Crippen molar-refractivity contribution in [3.63, 3.8) is 0 Å². The highest BCUT2D eigenvalue weighted by molar-refractivity contribution is 8.09. The maximum atomic E-state index is 11.3. The number of carbonyl (C=O) groups excluding carboxylic acids is 2. The molecular weight excluding hydrogens is 354 g/mol. The molecule has 4 rings (SSSR count). The lowest BCUT2D eigenvalue weighted by Gasteiger charge is -2.21. The molecule has 1 aromatic carbocycles. The Bertz CT molecular complexity index is 721. The lowest BCUT2D eigenvalue weighted by molar-refractivity contribution is -0.147. The molecule has 3 aliphatic rings. The number of esters is 1. The third-order valence-corrected chi connectivity index (χ3v) is 6.56. The summed E-state index contributed by atoms with van der Waals surface area (Å²) in [5.41, 5.74) is 0. The lowest BCUT2D eigenvalue weighted by Crippen LogP contribution is -2.20. The van der Waals surface area contributed by atoms with E-state index in [0.29, 0.717) is 12.8 Å². The van der Waals surface area contributed by atoms with Gasteiger partial charge in [0, 0.05) is 39.0 Å². The quantitative estimate of drug-likeness (QED) is 0.791. The highest BCUT2D eigenvalue weighted by Gasteiger charge is 2.22. The summed E-state index contributed by atoms with van der Waals surface area (Å²) in [4.78, 5) is 27.0. The number of nitrogens with one attached hydrogen (secondary N) is 1. The van der Waals surface area contributed by atoms with Crippen LogP contribution >= 0.6 is 23.5 Å². The van der Waals surface area contributed by atoms with Crippen molar-refractivity contribution in [1.82, 2.24) is 5.32 Å². The monoisotopic (exact) mass is 375 g/mol. The van der Waals surface area contributed by atoms with E-state index in [1.54, 1.807) is 29.6 Å². The average molecular weight is 376 g/mol. The summed E-state index contributed by atoms with van der Waals surface area (Å²) in [6.45, 7) is 3.61. The number of thioether (sulfide) groups is 2. The highest BCUT2D eigenvalue weighted by Crippen LogP contribution is 2.49. The molecule has 4 nitrogen and oxygen atoms in total. The van der Waals surface area contributed by atoms with Crippen molar-refractivity contribution in [2.24, 2.45) is 0 Å². The molecule has 0 saturated carbocycles. The van der Waals surface area contributed by atoms with Gasteiger partial charge in [-0.1, -0.05) is 42.6 Å². The zero-order chi connectivity index (χ0) is 17.6. The summed E-state index contributed by atoms with van der Waals surface area (Å²) in [7, 11) is 0. The number of ketones is 1. The van der Waals surface area contributed by atoms with E-state index >= 15 is 0 Å². The maximum absolute atomic E-state index is 11.3. The molecule has 0 amide bonds. The molecule has 1 saturated heterocycles. The van der Waals surface area contributed by atoms with E-state index in [9.17, 15) is 9.59 Å². The molecule has 2 heterocycles. The Morgan fingerprint density at radius 1 is 1.24 bits per heavy atom. The fourth-order valence-electron chi connectivity index (χ4n) is 2.61. The molecule has 6 heteroatoms. The van der Waals surface area contributed by atoms with Crippen LogP contribution in [0.25, 0.3) is 0 Å². The van der Waals surface area contributed by atoms with E-state index in [1.165, 1.54) is 19.6 Å². The molecule has 25 heavy (non-hydrogen) atoms. The molecule has 132 valence electrons. The molecule has 0 aromatic heterocycles. The predicted molar refractivity (Wildman–Crippen MR) is 102 cm³/mol. The highest BCUT2D eigenvalue weighted by atomic mass is 32.2. The van der Waals surface area contributed by atoms with Crippen LogP contribution in [0.4, 0.5) is 0 Å². The minimum atomic E-state index is -0.0892. The van der Waals surface area contributed by atoms with Crippen LogP contribution < -0.4 is 5.32 Å². The molecule has 0 radical (unpaired) electrons. The van der Waals surface area contributed by atoms with Gasteiger partial charge in [0.15, 0.2) is 5.78 Å². The van der Waals surface area contributed by atoms with Crippen molar-refractivity contribution < 1.29 is 14.3 Å². The van der Waals surface area contributed by atoms with Crippen molar-refractivity contribution in [1.29, 1.82) is 0 Å². The third-order valence-electron chi connectivity index (χ3n) is 3.93. The topological polar surface area (TPSA) is 55.4 Å². The van der Waals surface area contributed by atoms with Crippen molar-refractivity contribution in [2.75, 3.05) is 13.1 Å². The predicted octanol–water partition coefficient (Wildman–Crippen LogP) is 3.93. The van der Waals surface area contributed by atoms with Crippen molar-refractivity contribution in [3.05, 3.63) is 46.2 Å². The Kier molecular flexibility index (Phi) is 6.39. The smallest absolute Gasteiger partial charge is 0.305 e. The first-order valence-electron chi connectivity index (χ1n) is 8.44. The van der Waals surface area contributed by atoms with Crippen LogP contribution in [-0.4, -0.2) is 30.9 Å². The van der Waals surface area contributed by atoms with E-state index in [0.717, 1.165) is 19.5 Å². The summed E-state index contributed by atoms with van der Waals surface area (Å²) in [5, 5.41) is 3.12. The molecule has 1 fully saturated rings. The number of ether oxygens (including phenoxy) is 1. The molecule has 2 aliphatic heterocycles. The van der Waals surface area contributed by atoms with E-state index in [2.05, 4.69) is 23.5 Å². The van der Waals surface area contributed by atoms with Crippen LogP contribution in [0.5, 0.6) is 0 Å². The fraction of sp³-hybridized carbons (Fsp3) is 0.368. The van der Waals surface area contributed by atoms with Crippen LogP contribution in [0.1, 0.15) is 26.2 Å². The summed E-state index contributed by atoms with van der Waals surface area (Å²) in [6, 6.07) is 8.33. The molecule has 1 aromatic rings. The Labute approximate surface area is 156 Å². The minimum Gasteiger partial charge on any atom is -0.461 e. The van der Waals surface area contributed by atoms with E-state index < -0.39 is 0 Å². The number of benzene rings is 1. The Balaban J connectivity index is 0.000000160. The zero-order valence-electron chi connectivity index (χ0n) is 14.1. The average Bonchev–Trinajstić information content (AvgIpc) is 3.13. The summed E-state index contributed by atoms with van der Waals surface area (Å²) in [5.74, 6) is 0.120. The van der Waals surface area contributed by atoms with Gasteiger partial charge in [-0.2, -0.15) is 0 Å². The first-order chi connectivity index (χ1) is 12.2. The van der Waals surface area contributed by atoms with Gasteiger partial charge in [-0.25, -0.2) is 0 Å². The van der Waals surface area contributed by atoms with Gasteiger partial charge in [0.1, 0.15) is 6.10 Å². The summed E-state index contributed by atoms with van der Waals surface area (Å²) in [6.07, 6.45) is 5.77. The number of allylic oxidation sites excluding steroid dienone is 3. The second kappa shape index (κ2) is 8.74. The third kappa shape index (κ3) is 5.00. The first kappa shape index (κ1) is 18.3. The molecule has 0 bridgehead atoms. The number of hydrogen-bond acceptors (Lipinski definition) is 6. The van der Waals surface area contributed by atoms with Crippen LogP contribution in [0, 0.1) is 0 Å². The summed E-state index contributed by atoms with van der Waals surface area (Å²) < 4.78 is 5.06. The van der Waals surface area contributed by atoms with Crippen LogP contribution in [-0.2, 0) is 14.3 Å². The SMILES string of the molecule is CCC(=O)OC1CCNC1.O=C1C=CC2=C(C1)Sc1ccccc1S2. The zero-order valence-corrected chi connectivity index (χ0v) is 15.8. The first-order valence-corrected chi connectivity index (χ1v) is 10.1. The standard InChI is InChI=1S/C12H8OS2.C7H13NO2/c13-8-5-6-11-12(7-8)15-10-4-2-1-3-9(10)14-11;1-2-7(9)10-6-3-4-8-5-6/h1-6H,7H2;6,8H,2-5H2,1H3. The molecule has 1 unspecified atom stereocenters. The van der Waals surface area contributed by atoms with Crippen molar-refractivity contribution >= 4 is 35.3 Å². The van der Waals surface area contributed by atoms with E-state index in [1.807, 2.05) is 19.1 Å². The van der Waals surface area contributed by atoms with Crippen LogP contribution in [0.3, 0.4) is 0 Å². The number of rotatable bonds is 2. The Morgan fingerprint density at radius 2 is 2.00 bits per heavy atom. The van der Waals surface area contributed by atoms with Crippen LogP contribution in [0.15, 0.2) is 56.0 Å². The van der Waals surface area contributed by atoms with Gasteiger partial charge >= 0.3 is 5.97 Å². The molecule has 1 aliphatic carbocycles. The van der Waals surface area contributed by atoms with Gasteiger partial charge in [0.2, 0.25) is 0 Å². The largest absolute Gasteiger partial charge is 0.461 e. The second-order valence-electron chi connectivity index (χ2n) is 5.87. The number of hydrogen-bond donors (Lipinski definition) is 1. The lowest BCUT2D eigenvalue weighted by atomic mass is 10.2. The van der Waals surface area contributed by atoms with Gasteiger partial charge < -0.3 is 10.1 Å². The fourth-order valence-corrected chi connectivity index (χ4v) is 4.95. The second-order valence-corrected chi connectivity index (χ2v) is 8.09. The van der Waals surface area contributed by atoms with Crippen LogP contribution in [0.2, 0.25) is 0 Å². The Morgan fingerprint density at radius 3 is 2.68 bits per heavy atom. The maximum Gasteiger partial charge on any atom is 0.305 e. The number of fused-ring (bicyclic) bond motifs is 1. The Hall–Kier alpha value is -1.50. The normalized spacial score (nSPS) is 21.2. The van der Waals surface area contributed by atoms with E-state index in [-0.39, 0.29) is 17.9 Å². The molecule has 1 N–H and O–H groups in total. The van der Waals surface area contributed by atoms with Gasteiger partial charge in [0.05, 0.1) is 0 Å².